The van der Waals surface area contributed by atoms with Crippen LogP contribution in [0.3, 0.4) is 0 Å². The number of nitrogens with one attached hydrogen (secondary N) is 3. The summed E-state index contributed by atoms with van der Waals surface area (Å²) in [6, 6.07) is 16.3. The zero-order chi connectivity index (χ0) is 19.2. The molecule has 3 aromatic rings. The van der Waals surface area contributed by atoms with Gasteiger partial charge in [-0.15, -0.1) is 0 Å². The normalized spacial score (nSPS) is 10.1. The van der Waals surface area contributed by atoms with Gasteiger partial charge in [-0.05, 0) is 42.8 Å². The quantitative estimate of drug-likeness (QED) is 0.643. The second kappa shape index (κ2) is 8.09. The zero-order valence-corrected chi connectivity index (χ0v) is 15.0. The molecule has 2 amide bonds. The first-order chi connectivity index (χ1) is 13.0. The molecule has 0 spiro atoms. The predicted octanol–water partition coefficient (Wildman–Crippen LogP) is 3.74. The Hall–Kier alpha value is -3.74. The molecule has 3 rings (SSSR count). The van der Waals surface area contributed by atoms with Crippen LogP contribution in [0.2, 0.25) is 0 Å². The van der Waals surface area contributed by atoms with Crippen molar-refractivity contribution in [3.05, 3.63) is 72.2 Å². The minimum Gasteiger partial charge on any atom is -0.340 e. The van der Waals surface area contributed by atoms with Crippen LogP contribution in [0.4, 0.5) is 22.9 Å². The Morgan fingerprint density at radius 1 is 0.889 bits per heavy atom. The number of benzene rings is 2. The summed E-state index contributed by atoms with van der Waals surface area (Å²) in [6.07, 6.45) is 1.33. The number of anilines is 4. The average Bonchev–Trinajstić information content (AvgIpc) is 2.65. The fraction of sp³-hybridized carbons (Fsp3) is 0.100. The molecule has 3 N–H and O–H groups in total. The highest BCUT2D eigenvalue weighted by Gasteiger charge is 2.10. The maximum Gasteiger partial charge on any atom is 0.274 e. The van der Waals surface area contributed by atoms with Gasteiger partial charge in [-0.2, -0.15) is 0 Å². The standard InChI is InChI=1S/C20H19N5O2/c1-13-5-3-4-6-17(13)25-20(27)18-11-19(22-12-21-18)24-16-9-7-15(8-10-16)23-14(2)26/h3-12H,1-2H3,(H,23,26)(H,25,27)(H,21,22,24). The Morgan fingerprint density at radius 3 is 2.30 bits per heavy atom. The van der Waals surface area contributed by atoms with Crippen LogP contribution < -0.4 is 16.0 Å². The van der Waals surface area contributed by atoms with Crippen molar-refractivity contribution >= 4 is 34.7 Å². The first kappa shape index (κ1) is 18.1. The van der Waals surface area contributed by atoms with E-state index in [1.165, 1.54) is 13.3 Å². The topological polar surface area (TPSA) is 96.0 Å². The molecule has 2 aromatic carbocycles. The fourth-order valence-corrected chi connectivity index (χ4v) is 2.44. The Morgan fingerprint density at radius 2 is 1.59 bits per heavy atom. The maximum absolute atomic E-state index is 12.4. The van der Waals surface area contributed by atoms with Crippen LogP contribution in [0.25, 0.3) is 0 Å². The third-order valence-electron chi connectivity index (χ3n) is 3.77. The highest BCUT2D eigenvalue weighted by molar-refractivity contribution is 6.03. The minimum absolute atomic E-state index is 0.129. The van der Waals surface area contributed by atoms with Crippen LogP contribution in [0.1, 0.15) is 23.0 Å². The number of aryl methyl sites for hydroxylation is 1. The van der Waals surface area contributed by atoms with E-state index < -0.39 is 0 Å². The van der Waals surface area contributed by atoms with Gasteiger partial charge in [0.2, 0.25) is 5.91 Å². The van der Waals surface area contributed by atoms with Gasteiger partial charge in [0.05, 0.1) is 0 Å². The van der Waals surface area contributed by atoms with Crippen molar-refractivity contribution < 1.29 is 9.59 Å². The lowest BCUT2D eigenvalue weighted by atomic mass is 10.2. The van der Waals surface area contributed by atoms with E-state index >= 15 is 0 Å². The van der Waals surface area contributed by atoms with E-state index in [4.69, 9.17) is 0 Å². The second-order valence-corrected chi connectivity index (χ2v) is 5.94. The molecule has 0 radical (unpaired) electrons. The number of carbonyl (C=O) groups excluding carboxylic acids is 2. The Balaban J connectivity index is 1.70. The average molecular weight is 361 g/mol. The number of aromatic nitrogens is 2. The number of rotatable bonds is 5. The number of carbonyl (C=O) groups is 2. The summed E-state index contributed by atoms with van der Waals surface area (Å²) in [4.78, 5) is 31.7. The molecule has 7 heteroatoms. The van der Waals surface area contributed by atoms with Gasteiger partial charge in [-0.1, -0.05) is 18.2 Å². The SMILES string of the molecule is CC(=O)Nc1ccc(Nc2cc(C(=O)Nc3ccccc3C)ncn2)cc1. The number of amides is 2. The third-order valence-corrected chi connectivity index (χ3v) is 3.77. The van der Waals surface area contributed by atoms with Gasteiger partial charge in [-0.3, -0.25) is 9.59 Å². The van der Waals surface area contributed by atoms with Crippen molar-refractivity contribution in [1.82, 2.24) is 9.97 Å². The minimum atomic E-state index is -0.309. The summed E-state index contributed by atoms with van der Waals surface area (Å²) < 4.78 is 0. The van der Waals surface area contributed by atoms with Gasteiger partial charge in [0.25, 0.3) is 5.91 Å². The molecule has 27 heavy (non-hydrogen) atoms. The lowest BCUT2D eigenvalue weighted by Crippen LogP contribution is -2.15. The van der Waals surface area contributed by atoms with E-state index in [1.54, 1.807) is 30.3 Å². The Kier molecular flexibility index (Phi) is 5.41. The van der Waals surface area contributed by atoms with Crippen molar-refractivity contribution in [2.24, 2.45) is 0 Å². The molecule has 0 aliphatic heterocycles. The van der Waals surface area contributed by atoms with E-state index in [2.05, 4.69) is 25.9 Å². The van der Waals surface area contributed by atoms with E-state index in [-0.39, 0.29) is 17.5 Å². The van der Waals surface area contributed by atoms with Crippen LogP contribution in [0.5, 0.6) is 0 Å². The van der Waals surface area contributed by atoms with Gasteiger partial charge >= 0.3 is 0 Å². The van der Waals surface area contributed by atoms with Crippen LogP contribution in [0.15, 0.2) is 60.9 Å². The largest absolute Gasteiger partial charge is 0.340 e. The molecule has 0 fully saturated rings. The number of para-hydroxylation sites is 1. The molecular weight excluding hydrogens is 342 g/mol. The fourth-order valence-electron chi connectivity index (χ4n) is 2.44. The molecule has 0 bridgehead atoms. The number of nitrogens with zero attached hydrogens (tertiary/aromatic N) is 2. The smallest absolute Gasteiger partial charge is 0.274 e. The lowest BCUT2D eigenvalue weighted by molar-refractivity contribution is -0.114. The van der Waals surface area contributed by atoms with Crippen molar-refractivity contribution in [2.45, 2.75) is 13.8 Å². The van der Waals surface area contributed by atoms with Gasteiger partial charge in [0, 0.05) is 30.1 Å². The Labute approximate surface area is 156 Å². The summed E-state index contributed by atoms with van der Waals surface area (Å²) in [5, 5.41) is 8.66. The first-order valence-electron chi connectivity index (χ1n) is 8.35. The van der Waals surface area contributed by atoms with E-state index in [9.17, 15) is 9.59 Å². The third kappa shape index (κ3) is 4.88. The molecular formula is C20H19N5O2. The Bertz CT molecular complexity index is 970. The van der Waals surface area contributed by atoms with Crippen LogP contribution in [-0.4, -0.2) is 21.8 Å². The van der Waals surface area contributed by atoms with Gasteiger partial charge in [0.15, 0.2) is 0 Å². The molecule has 136 valence electrons. The highest BCUT2D eigenvalue weighted by atomic mass is 16.2. The molecule has 1 heterocycles. The number of hydrogen-bond donors (Lipinski definition) is 3. The van der Waals surface area contributed by atoms with Crippen LogP contribution >= 0.6 is 0 Å². The molecule has 1 aromatic heterocycles. The van der Waals surface area contributed by atoms with Gasteiger partial charge < -0.3 is 16.0 Å². The molecule has 0 aliphatic carbocycles. The molecule has 0 unspecified atom stereocenters. The molecule has 0 atom stereocenters. The van der Waals surface area contributed by atoms with Crippen molar-refractivity contribution in [1.29, 1.82) is 0 Å². The van der Waals surface area contributed by atoms with Crippen molar-refractivity contribution in [2.75, 3.05) is 16.0 Å². The summed E-state index contributed by atoms with van der Waals surface area (Å²) in [6.45, 7) is 3.38. The van der Waals surface area contributed by atoms with Gasteiger partial charge in [0.1, 0.15) is 17.8 Å². The lowest BCUT2D eigenvalue weighted by Gasteiger charge is -2.10. The van der Waals surface area contributed by atoms with Gasteiger partial charge in [-0.25, -0.2) is 9.97 Å². The molecule has 0 aliphatic rings. The monoisotopic (exact) mass is 361 g/mol. The molecule has 0 saturated heterocycles. The van der Waals surface area contributed by atoms with Crippen molar-refractivity contribution in [3.8, 4) is 0 Å². The number of hydrogen-bond acceptors (Lipinski definition) is 5. The molecule has 0 saturated carbocycles. The van der Waals surface area contributed by atoms with Crippen LogP contribution in [-0.2, 0) is 4.79 Å². The summed E-state index contributed by atoms with van der Waals surface area (Å²) in [5.41, 5.74) is 3.44. The second-order valence-electron chi connectivity index (χ2n) is 5.94. The zero-order valence-electron chi connectivity index (χ0n) is 15.0. The summed E-state index contributed by atoms with van der Waals surface area (Å²) in [5.74, 6) is 0.0544. The van der Waals surface area contributed by atoms with Crippen molar-refractivity contribution in [3.63, 3.8) is 0 Å². The summed E-state index contributed by atoms with van der Waals surface area (Å²) in [7, 11) is 0. The predicted molar refractivity (Wildman–Crippen MR) is 105 cm³/mol. The van der Waals surface area contributed by atoms with Crippen LogP contribution in [0, 0.1) is 6.92 Å². The maximum atomic E-state index is 12.4. The van der Waals surface area contributed by atoms with E-state index in [1.807, 2.05) is 31.2 Å². The summed E-state index contributed by atoms with van der Waals surface area (Å²) >= 11 is 0. The first-order valence-corrected chi connectivity index (χ1v) is 8.35. The van der Waals surface area contributed by atoms with E-state index in [0.717, 1.165) is 16.9 Å². The highest BCUT2D eigenvalue weighted by Crippen LogP contribution is 2.19. The van der Waals surface area contributed by atoms with E-state index in [0.29, 0.717) is 11.5 Å². The molecule has 7 nitrogen and oxygen atoms in total.